The number of ether oxygens (including phenoxy) is 1. The van der Waals surface area contributed by atoms with Crippen molar-refractivity contribution in [3.8, 4) is 0 Å². The molecule has 7 aliphatic heterocycles. The number of carbonyl (C=O) groups excluding carboxylic acids is 7. The summed E-state index contributed by atoms with van der Waals surface area (Å²) in [7, 11) is 0. The zero-order valence-electron chi connectivity index (χ0n) is 77.1. The molecular formula is C86H145N11O26. The second kappa shape index (κ2) is 43.5. The van der Waals surface area contributed by atoms with Crippen LogP contribution < -0.4 is 16.0 Å². The number of carbonyl (C=O) groups is 12. The molecule has 7 aliphatic rings. The number of nitrogens with zero attached hydrogens (tertiary/aromatic N) is 8. The van der Waals surface area contributed by atoms with Gasteiger partial charge in [-0.05, 0) is 262 Å². The van der Waals surface area contributed by atoms with E-state index < -0.39 is 104 Å². The lowest BCUT2D eigenvalue weighted by Gasteiger charge is -2.51. The number of aliphatic carboxylic acids is 4. The Labute approximate surface area is 724 Å². The van der Waals surface area contributed by atoms with E-state index in [4.69, 9.17) is 20.1 Å². The summed E-state index contributed by atoms with van der Waals surface area (Å²) in [4.78, 5) is 148. The highest BCUT2D eigenvalue weighted by atomic mass is 17.2. The molecule has 7 heterocycles. The number of hydroxylamine groups is 12. The van der Waals surface area contributed by atoms with E-state index in [-0.39, 0.29) is 121 Å². The molecule has 1 aromatic carbocycles. The van der Waals surface area contributed by atoms with Crippen LogP contribution in [0.4, 0.5) is 0 Å². The summed E-state index contributed by atoms with van der Waals surface area (Å²) in [6.45, 7) is 47.1. The van der Waals surface area contributed by atoms with E-state index in [1.165, 1.54) is 58.4 Å². The molecule has 3 amide bonds. The number of unbranched alkanes of at least 4 members (excludes halogenated alkanes) is 1. The summed E-state index contributed by atoms with van der Waals surface area (Å²) in [6.07, 6.45) is 11.5. The molecule has 700 valence electrons. The Kier molecular flexibility index (Phi) is 38.6. The number of ketones is 1. The SMILES string of the molecule is CC(=O)C1CC(C)(C)N(O)C(C)(C)C1.CC1(C)CC(=CC(=O)O)CC(C)(C)N1O.CC1(C)CC(NC(=O)/C=C\C(=O)O)CC(C)(C)N1O.CC1(C)CC(NC(=O)CCCCC(=O)O)CC(C)(C)N1O.CC1(C)CC(NC(=O)CN(CCN2CC(=O)OOC(=O)C2)CC(=O)O)CC(C)(C)N1O.CC1(C)CC(OC(=O)c2ccccc2C(=O)O)CC(C)(C)N1O. The first-order chi connectivity index (χ1) is 55.7. The first-order valence-corrected chi connectivity index (χ1v) is 41.7. The van der Waals surface area contributed by atoms with Crippen molar-refractivity contribution in [3.05, 3.63) is 59.2 Å². The van der Waals surface area contributed by atoms with Gasteiger partial charge in [-0.3, -0.25) is 38.6 Å². The number of piperidine rings is 6. The number of esters is 1. The molecule has 7 saturated heterocycles. The molecule has 0 radical (unpaired) electrons. The fraction of sp³-hybridized carbons (Fsp3) is 0.744. The summed E-state index contributed by atoms with van der Waals surface area (Å²) < 4.78 is 5.55. The van der Waals surface area contributed by atoms with E-state index in [0.717, 1.165) is 30.6 Å². The Morgan fingerprint density at radius 3 is 1.15 bits per heavy atom. The quantitative estimate of drug-likeness (QED) is 0.0222. The fourth-order valence-corrected chi connectivity index (χ4v) is 18.6. The zero-order chi connectivity index (χ0) is 94.9. The number of hydrogen-bond acceptors (Lipinski definition) is 29. The summed E-state index contributed by atoms with van der Waals surface area (Å²) in [5.74, 6) is -7.73. The molecule has 0 atom stereocenters. The number of amides is 3. The second-order valence-corrected chi connectivity index (χ2v) is 41.1. The van der Waals surface area contributed by atoms with E-state index in [1.807, 2.05) is 166 Å². The minimum absolute atomic E-state index is 0.0328. The molecule has 0 aliphatic carbocycles. The third kappa shape index (κ3) is 34.0. The van der Waals surface area contributed by atoms with Crippen LogP contribution in [0.25, 0.3) is 0 Å². The third-order valence-electron chi connectivity index (χ3n) is 23.1. The average Bonchev–Trinajstić information content (AvgIpc) is 1.22. The molecule has 8 rings (SSSR count). The van der Waals surface area contributed by atoms with E-state index in [1.54, 1.807) is 19.1 Å². The molecule has 0 saturated carbocycles. The van der Waals surface area contributed by atoms with Crippen molar-refractivity contribution in [1.29, 1.82) is 0 Å². The molecule has 0 unspecified atom stereocenters. The average molecular weight is 1750 g/mol. The van der Waals surface area contributed by atoms with Gasteiger partial charge >= 0.3 is 47.8 Å². The van der Waals surface area contributed by atoms with Crippen LogP contribution in [0.3, 0.4) is 0 Å². The number of nitrogens with one attached hydrogen (secondary N) is 3. The van der Waals surface area contributed by atoms with Gasteiger partial charge in [0.1, 0.15) is 25.0 Å². The topological polar surface area (TPSA) is 517 Å². The lowest BCUT2D eigenvalue weighted by molar-refractivity contribution is -0.256. The first-order valence-electron chi connectivity index (χ1n) is 41.7. The standard InChI is InChI=1S/C19H32N4O8.C17H23NO5.C15H28N2O4.C13H22N2O4.C11H19NO3.C11H21NO2/c1-18(2)7-13(8-19(3,4)23(18)29)20-14(24)9-21(10-15(25)26)5-6-22-11-16(27)30-31-17(28)12-22;1-16(2)9-11(10-17(3,4)18(16)22)23-15(21)13-8-6-5-7-12(13)14(19)20;1-14(2)9-11(10-15(3,4)17(14)21)16-12(18)7-5-6-8-13(19)20;1-12(2)7-9(8-13(3,4)15(12)19)14-10(16)5-6-11(17)18;1-10(2)6-8(5-9(13)14)7-11(3,4)12(10)15;1-8(13)9-6-10(2,3)12(14)11(4,5)7-9/h13,29H,5-12H2,1-4H3,(H,20,24)(H,25,26);5-8,11,22H,9-10H2,1-4H3,(H,19,20);11,21H,5-10H2,1-4H3,(H,16,18)(H,19,20);5-6,9,19H,7-8H2,1-4H3,(H,14,16)(H,17,18);5,15H,6-7H2,1-4H3,(H,13,14);9,14H,6-7H2,1-5H3/b;;;6-5-;;. The van der Waals surface area contributed by atoms with Crippen LogP contribution in [0.1, 0.15) is 297 Å². The van der Waals surface area contributed by atoms with Crippen molar-refractivity contribution >= 4 is 71.3 Å². The van der Waals surface area contributed by atoms with Gasteiger partial charge in [-0.15, -0.1) is 0 Å². The summed E-state index contributed by atoms with van der Waals surface area (Å²) in [5.41, 5.74) is -4.41. The summed E-state index contributed by atoms with van der Waals surface area (Å²) in [6, 6.07) is 5.75. The van der Waals surface area contributed by atoms with Crippen molar-refractivity contribution in [2.24, 2.45) is 5.92 Å². The molecule has 123 heavy (non-hydrogen) atoms. The molecule has 7 fully saturated rings. The normalized spacial score (nSPS) is 23.1. The number of Topliss-reactive ketones (excluding diaryl/α,β-unsaturated/α-hetero) is 1. The Morgan fingerprint density at radius 2 is 0.789 bits per heavy atom. The largest absolute Gasteiger partial charge is 0.481 e. The zero-order valence-corrected chi connectivity index (χ0v) is 77.1. The number of benzene rings is 1. The maximum absolute atomic E-state index is 12.6. The molecule has 37 heteroatoms. The van der Waals surface area contributed by atoms with Gasteiger partial charge in [0.05, 0.1) is 24.2 Å². The highest BCUT2D eigenvalue weighted by Gasteiger charge is 2.51. The van der Waals surface area contributed by atoms with E-state index in [2.05, 4.69) is 25.7 Å². The van der Waals surface area contributed by atoms with Crippen LogP contribution in [0.5, 0.6) is 0 Å². The minimum Gasteiger partial charge on any atom is -0.481 e. The molecule has 0 spiro atoms. The van der Waals surface area contributed by atoms with Gasteiger partial charge in [0.25, 0.3) is 0 Å². The van der Waals surface area contributed by atoms with Crippen molar-refractivity contribution in [2.75, 3.05) is 39.3 Å². The molecule has 0 bridgehead atoms. The van der Waals surface area contributed by atoms with Gasteiger partial charge in [-0.2, -0.15) is 30.4 Å². The highest BCUT2D eigenvalue weighted by Crippen LogP contribution is 2.44. The lowest BCUT2D eigenvalue weighted by atomic mass is 9.74. The Balaban J connectivity index is 0.000000389. The van der Waals surface area contributed by atoms with E-state index in [0.29, 0.717) is 83.5 Å². The fourth-order valence-electron chi connectivity index (χ4n) is 18.6. The van der Waals surface area contributed by atoms with E-state index in [9.17, 15) is 99.0 Å². The second-order valence-electron chi connectivity index (χ2n) is 41.1. The van der Waals surface area contributed by atoms with Gasteiger partial charge in [0, 0.05) is 148 Å². The molecule has 1 aromatic rings. The van der Waals surface area contributed by atoms with Crippen LogP contribution in [0.2, 0.25) is 0 Å². The lowest BCUT2D eigenvalue weighted by Crippen LogP contribution is -2.63. The molecule has 37 nitrogen and oxygen atoms in total. The predicted octanol–water partition coefficient (Wildman–Crippen LogP) is 9.76. The van der Waals surface area contributed by atoms with Crippen molar-refractivity contribution in [1.82, 2.24) is 56.1 Å². The number of hydrogen-bond donors (Lipinski definition) is 14. The van der Waals surface area contributed by atoms with Crippen molar-refractivity contribution < 1.29 is 129 Å². The Hall–Kier alpha value is -8.02. The maximum atomic E-state index is 12.6. The number of carboxylic acids is 5. The number of rotatable bonds is 22. The van der Waals surface area contributed by atoms with Gasteiger partial charge in [0.2, 0.25) is 17.7 Å². The number of carboxylic acid groups (broad SMARTS) is 5. The molecule has 0 aromatic heterocycles. The smallest absolute Gasteiger partial charge is 0.369 e. The Morgan fingerprint density at radius 1 is 0.439 bits per heavy atom. The van der Waals surface area contributed by atoms with Crippen LogP contribution >= 0.6 is 0 Å². The maximum Gasteiger partial charge on any atom is 0.369 e. The van der Waals surface area contributed by atoms with Gasteiger partial charge in [-0.25, -0.2) is 38.5 Å². The third-order valence-corrected chi connectivity index (χ3v) is 23.1. The summed E-state index contributed by atoms with van der Waals surface area (Å²) >= 11 is 0. The molecular weight excluding hydrogens is 1600 g/mol. The van der Waals surface area contributed by atoms with Crippen LogP contribution in [-0.4, -0.2) is 298 Å². The van der Waals surface area contributed by atoms with E-state index >= 15 is 0 Å². The van der Waals surface area contributed by atoms with Gasteiger partial charge in [0.15, 0.2) is 0 Å². The summed E-state index contributed by atoms with van der Waals surface area (Å²) in [5, 5.41) is 122. The first kappa shape index (κ1) is 109. The minimum atomic E-state index is -1.16. The Bertz CT molecular complexity index is 3790. The van der Waals surface area contributed by atoms with Crippen LogP contribution in [0.15, 0.2) is 48.1 Å². The van der Waals surface area contributed by atoms with Gasteiger partial charge in [-0.1, -0.05) is 17.7 Å². The number of aromatic carboxylic acids is 1. The molecule has 14 N–H and O–H groups in total. The van der Waals surface area contributed by atoms with Crippen molar-refractivity contribution in [3.63, 3.8) is 0 Å². The van der Waals surface area contributed by atoms with Crippen LogP contribution in [-0.2, 0) is 62.5 Å². The van der Waals surface area contributed by atoms with Crippen molar-refractivity contribution in [2.45, 2.75) is 367 Å². The monoisotopic (exact) mass is 1750 g/mol. The predicted molar refractivity (Wildman–Crippen MR) is 450 cm³/mol. The van der Waals surface area contributed by atoms with Crippen LogP contribution in [0, 0.1) is 5.92 Å². The highest BCUT2D eigenvalue weighted by molar-refractivity contribution is 6.02. The van der Waals surface area contributed by atoms with Gasteiger partial charge < -0.3 is 77.5 Å².